The topological polar surface area (TPSA) is 98.0 Å². The Morgan fingerprint density at radius 3 is 2.44 bits per heavy atom. The van der Waals surface area contributed by atoms with Crippen LogP contribution in [0.15, 0.2) is 47.5 Å². The summed E-state index contributed by atoms with van der Waals surface area (Å²) in [5, 5.41) is 40.9. The fraction of sp³-hybridized carbons (Fsp3) is 0.519. The van der Waals surface area contributed by atoms with Gasteiger partial charge in [0, 0.05) is 35.8 Å². The van der Waals surface area contributed by atoms with Crippen LogP contribution < -0.4 is 0 Å². The zero-order valence-corrected chi connectivity index (χ0v) is 20.0. The van der Waals surface area contributed by atoms with Crippen LogP contribution >= 0.6 is 0 Å². The number of ketones is 1. The number of aliphatic hydroxyl groups is 2. The third-order valence-corrected chi connectivity index (χ3v) is 8.31. The van der Waals surface area contributed by atoms with Crippen LogP contribution in [0.3, 0.4) is 0 Å². The Kier molecular flexibility index (Phi) is 6.01. The molecule has 2 bridgehead atoms. The van der Waals surface area contributed by atoms with Gasteiger partial charge in [0.05, 0.1) is 5.76 Å². The summed E-state index contributed by atoms with van der Waals surface area (Å²) in [7, 11) is 0. The standard InChI is InChI=1S/C27H36O5/c1-16(7-8-18-11-19(28)10-17(2)24(18)32)9-20(29)13-26(5)15-22-23(31)12-21(30)14-27(26,6)25(22,3)4/h7,10-12,14,22,28,30-32H,8-9,13,15H2,1-6H3/t22-,26+,27+/m0/s1. The van der Waals surface area contributed by atoms with Crippen LogP contribution in [0.25, 0.3) is 0 Å². The van der Waals surface area contributed by atoms with E-state index in [4.69, 9.17) is 0 Å². The number of rotatable bonds is 6. The minimum Gasteiger partial charge on any atom is -0.512 e. The largest absolute Gasteiger partial charge is 0.512 e. The molecule has 2 aliphatic rings. The van der Waals surface area contributed by atoms with Gasteiger partial charge in [0.15, 0.2) is 0 Å². The summed E-state index contributed by atoms with van der Waals surface area (Å²) in [4.78, 5) is 13.1. The van der Waals surface area contributed by atoms with Crippen LogP contribution in [0.2, 0.25) is 0 Å². The average Bonchev–Trinajstić information content (AvgIpc) is 2.76. The SMILES string of the molecule is CC(=CCc1cc(O)cc(C)c1O)CC(=O)C[C@]1(C)C[C@H]2C(O)=CC(O)=C[C@]1(C)C2(C)C. The molecule has 1 aromatic rings. The first-order chi connectivity index (χ1) is 14.7. The highest BCUT2D eigenvalue weighted by atomic mass is 16.3. The van der Waals surface area contributed by atoms with E-state index in [1.807, 2.05) is 19.1 Å². The Morgan fingerprint density at radius 2 is 1.78 bits per heavy atom. The molecule has 0 aliphatic heterocycles. The number of aromatic hydroxyl groups is 2. The van der Waals surface area contributed by atoms with Crippen molar-refractivity contribution in [2.45, 2.75) is 67.2 Å². The number of allylic oxidation sites excluding steroid dienone is 5. The summed E-state index contributed by atoms with van der Waals surface area (Å²) in [6.45, 7) is 12.0. The van der Waals surface area contributed by atoms with Gasteiger partial charge in [-0.1, -0.05) is 39.3 Å². The van der Waals surface area contributed by atoms with Crippen LogP contribution in [-0.4, -0.2) is 26.2 Å². The van der Waals surface area contributed by atoms with Crippen molar-refractivity contribution in [1.82, 2.24) is 0 Å². The van der Waals surface area contributed by atoms with Crippen LogP contribution in [0.5, 0.6) is 11.5 Å². The molecular weight excluding hydrogens is 404 g/mol. The lowest BCUT2D eigenvalue weighted by Gasteiger charge is -2.46. The zero-order chi connectivity index (χ0) is 24.1. The summed E-state index contributed by atoms with van der Waals surface area (Å²) in [5.74, 6) is 0.488. The number of phenolic OH excluding ortho intramolecular Hbond substituents is 2. The minimum atomic E-state index is -0.464. The van der Waals surface area contributed by atoms with Crippen molar-refractivity contribution in [3.8, 4) is 11.5 Å². The van der Waals surface area contributed by atoms with E-state index < -0.39 is 10.8 Å². The molecule has 0 saturated heterocycles. The van der Waals surface area contributed by atoms with Gasteiger partial charge < -0.3 is 20.4 Å². The Hall–Kier alpha value is -2.69. The van der Waals surface area contributed by atoms with Crippen molar-refractivity contribution in [3.63, 3.8) is 0 Å². The van der Waals surface area contributed by atoms with Crippen molar-refractivity contribution in [3.05, 3.63) is 58.6 Å². The Balaban J connectivity index is 1.76. The van der Waals surface area contributed by atoms with Crippen molar-refractivity contribution < 1.29 is 25.2 Å². The second-order valence-electron chi connectivity index (χ2n) is 10.8. The first-order valence-corrected chi connectivity index (χ1v) is 11.2. The maximum absolute atomic E-state index is 13.1. The lowest BCUT2D eigenvalue weighted by atomic mass is 9.56. The molecule has 0 unspecified atom stereocenters. The summed E-state index contributed by atoms with van der Waals surface area (Å²) in [5.41, 5.74) is 0.955. The molecule has 5 heteroatoms. The Bertz CT molecular complexity index is 1030. The molecular formula is C27H36O5. The van der Waals surface area contributed by atoms with E-state index in [-0.39, 0.29) is 40.1 Å². The second kappa shape index (κ2) is 8.02. The van der Waals surface area contributed by atoms with E-state index in [1.165, 1.54) is 12.1 Å². The van der Waals surface area contributed by atoms with Gasteiger partial charge >= 0.3 is 0 Å². The molecule has 1 aromatic carbocycles. The molecule has 0 spiro atoms. The van der Waals surface area contributed by atoms with Gasteiger partial charge in [-0.15, -0.1) is 0 Å². The van der Waals surface area contributed by atoms with E-state index >= 15 is 0 Å². The summed E-state index contributed by atoms with van der Waals surface area (Å²) >= 11 is 0. The second-order valence-corrected chi connectivity index (χ2v) is 10.8. The van der Waals surface area contributed by atoms with Crippen LogP contribution in [0, 0.1) is 29.1 Å². The minimum absolute atomic E-state index is 0.0521. The highest BCUT2D eigenvalue weighted by molar-refractivity contribution is 5.81. The number of aliphatic hydroxyl groups excluding tert-OH is 2. The maximum atomic E-state index is 13.1. The van der Waals surface area contributed by atoms with Crippen molar-refractivity contribution in [2.24, 2.45) is 22.2 Å². The van der Waals surface area contributed by atoms with E-state index in [0.717, 1.165) is 5.57 Å². The van der Waals surface area contributed by atoms with Crippen LogP contribution in [-0.2, 0) is 11.2 Å². The number of carbonyl (C=O) groups is 1. The zero-order valence-electron chi connectivity index (χ0n) is 20.0. The highest BCUT2D eigenvalue weighted by Gasteiger charge is 2.64. The molecule has 0 heterocycles. The third kappa shape index (κ3) is 3.94. The average molecular weight is 441 g/mol. The van der Waals surface area contributed by atoms with Gasteiger partial charge in [-0.05, 0) is 61.3 Å². The Morgan fingerprint density at radius 1 is 1.12 bits per heavy atom. The number of benzene rings is 1. The normalized spacial score (nSPS) is 29.3. The van der Waals surface area contributed by atoms with Crippen LogP contribution in [0.1, 0.15) is 65.0 Å². The fourth-order valence-corrected chi connectivity index (χ4v) is 5.89. The molecule has 4 N–H and O–H groups in total. The molecule has 1 fully saturated rings. The maximum Gasteiger partial charge on any atom is 0.137 e. The lowest BCUT2D eigenvalue weighted by molar-refractivity contribution is -0.122. The van der Waals surface area contributed by atoms with Gasteiger partial charge in [-0.25, -0.2) is 0 Å². The third-order valence-electron chi connectivity index (χ3n) is 8.31. The predicted octanol–water partition coefficient (Wildman–Crippen LogP) is 6.20. The number of hydrogen-bond donors (Lipinski definition) is 4. The molecule has 5 nitrogen and oxygen atoms in total. The molecule has 0 aromatic heterocycles. The summed E-state index contributed by atoms with van der Waals surface area (Å²) in [6, 6.07) is 3.06. The van der Waals surface area contributed by atoms with Gasteiger partial charge in [0.25, 0.3) is 0 Å². The summed E-state index contributed by atoms with van der Waals surface area (Å²) in [6.07, 6.45) is 6.92. The molecule has 174 valence electrons. The molecule has 32 heavy (non-hydrogen) atoms. The molecule has 0 amide bonds. The highest BCUT2D eigenvalue weighted by Crippen LogP contribution is 2.69. The van der Waals surface area contributed by atoms with E-state index in [2.05, 4.69) is 27.7 Å². The number of hydrogen-bond acceptors (Lipinski definition) is 5. The fourth-order valence-electron chi connectivity index (χ4n) is 5.89. The monoisotopic (exact) mass is 440 g/mol. The lowest BCUT2D eigenvalue weighted by Crippen LogP contribution is -2.42. The number of carbonyl (C=O) groups excluding carboxylic acids is 1. The van der Waals surface area contributed by atoms with Gasteiger partial charge in [0.1, 0.15) is 23.0 Å². The van der Waals surface area contributed by atoms with Gasteiger partial charge in [-0.3, -0.25) is 4.79 Å². The van der Waals surface area contributed by atoms with Gasteiger partial charge in [0.2, 0.25) is 0 Å². The first-order valence-electron chi connectivity index (χ1n) is 11.2. The summed E-state index contributed by atoms with van der Waals surface area (Å²) < 4.78 is 0. The number of phenols is 2. The molecule has 3 atom stereocenters. The molecule has 1 saturated carbocycles. The number of Topliss-reactive ketones (excluding diaryl/α,β-unsaturated/α-hetero) is 1. The molecule has 0 radical (unpaired) electrons. The first kappa shape index (κ1) is 24.0. The van der Waals surface area contributed by atoms with Gasteiger partial charge in [-0.2, -0.15) is 0 Å². The quantitative estimate of drug-likeness (QED) is 0.312. The molecule has 2 aliphatic carbocycles. The van der Waals surface area contributed by atoms with Crippen LogP contribution in [0.4, 0.5) is 0 Å². The van der Waals surface area contributed by atoms with E-state index in [9.17, 15) is 25.2 Å². The van der Waals surface area contributed by atoms with E-state index in [1.54, 1.807) is 13.0 Å². The van der Waals surface area contributed by atoms with Crippen molar-refractivity contribution in [2.75, 3.05) is 0 Å². The Labute approximate surface area is 190 Å². The predicted molar refractivity (Wildman–Crippen MR) is 126 cm³/mol. The van der Waals surface area contributed by atoms with Crippen molar-refractivity contribution >= 4 is 5.78 Å². The number of aryl methyl sites for hydroxylation is 1. The van der Waals surface area contributed by atoms with E-state index in [0.29, 0.717) is 36.8 Å². The number of fused-ring (bicyclic) bond motifs is 2. The smallest absolute Gasteiger partial charge is 0.137 e. The molecule has 3 rings (SSSR count). The van der Waals surface area contributed by atoms with Crippen molar-refractivity contribution in [1.29, 1.82) is 0 Å².